The van der Waals surface area contributed by atoms with Gasteiger partial charge >= 0.3 is 5.97 Å². The summed E-state index contributed by atoms with van der Waals surface area (Å²) >= 11 is 1.76. The van der Waals surface area contributed by atoms with Crippen LogP contribution in [0.25, 0.3) is 0 Å². The summed E-state index contributed by atoms with van der Waals surface area (Å²) in [5.74, 6) is -0.733. The maximum absolute atomic E-state index is 11.2. The average molecular weight is 275 g/mol. The number of carboxylic acid groups (broad SMARTS) is 1. The molecular weight excluding hydrogens is 250 g/mol. The lowest BCUT2D eigenvalue weighted by Crippen LogP contribution is -2.60. The monoisotopic (exact) mass is 275 g/mol. The molecule has 1 aliphatic rings. The highest BCUT2D eigenvalue weighted by Crippen LogP contribution is 2.33. The lowest BCUT2D eigenvalue weighted by Gasteiger charge is -2.44. The second kappa shape index (κ2) is 8.02. The summed E-state index contributed by atoms with van der Waals surface area (Å²) in [5.41, 5.74) is 0. The molecule has 0 radical (unpaired) electrons. The number of unbranched alkanes of at least 4 members (excludes halogenated alkanes) is 1. The molecular formula is C13H25NO3S. The van der Waals surface area contributed by atoms with Crippen molar-refractivity contribution in [3.8, 4) is 0 Å². The zero-order valence-corrected chi connectivity index (χ0v) is 12.3. The van der Waals surface area contributed by atoms with Crippen molar-refractivity contribution in [1.29, 1.82) is 0 Å². The van der Waals surface area contributed by atoms with Crippen molar-refractivity contribution in [2.24, 2.45) is 0 Å². The average Bonchev–Trinajstić information content (AvgIpc) is 2.31. The SMILES string of the molecule is CCCCC(NC1CC(OCC)C1SC)C(=O)O. The molecule has 0 aliphatic heterocycles. The Morgan fingerprint density at radius 2 is 2.28 bits per heavy atom. The van der Waals surface area contributed by atoms with Gasteiger partial charge in [-0.2, -0.15) is 11.8 Å². The van der Waals surface area contributed by atoms with Crippen molar-refractivity contribution >= 4 is 17.7 Å². The molecule has 5 heteroatoms. The molecule has 4 nitrogen and oxygen atoms in total. The van der Waals surface area contributed by atoms with Crippen molar-refractivity contribution in [3.63, 3.8) is 0 Å². The predicted molar refractivity (Wildman–Crippen MR) is 75.2 cm³/mol. The number of hydrogen-bond donors (Lipinski definition) is 2. The van der Waals surface area contributed by atoms with Crippen molar-refractivity contribution in [3.05, 3.63) is 0 Å². The van der Waals surface area contributed by atoms with E-state index < -0.39 is 12.0 Å². The summed E-state index contributed by atoms with van der Waals surface area (Å²) in [7, 11) is 0. The largest absolute Gasteiger partial charge is 0.480 e. The lowest BCUT2D eigenvalue weighted by atomic mass is 9.87. The molecule has 18 heavy (non-hydrogen) atoms. The number of ether oxygens (including phenoxy) is 1. The first kappa shape index (κ1) is 15.8. The Hall–Kier alpha value is -0.260. The summed E-state index contributed by atoms with van der Waals surface area (Å²) in [6.07, 6.45) is 5.96. The molecule has 0 aromatic carbocycles. The molecule has 1 fully saturated rings. The summed E-state index contributed by atoms with van der Waals surface area (Å²) < 4.78 is 5.63. The van der Waals surface area contributed by atoms with Crippen molar-refractivity contribution in [2.45, 2.75) is 63.0 Å². The van der Waals surface area contributed by atoms with Gasteiger partial charge in [-0.15, -0.1) is 0 Å². The minimum atomic E-state index is -0.733. The van der Waals surface area contributed by atoms with Gasteiger partial charge in [0.2, 0.25) is 0 Å². The zero-order chi connectivity index (χ0) is 13.5. The third kappa shape index (κ3) is 4.14. The van der Waals surface area contributed by atoms with Crippen LogP contribution >= 0.6 is 11.8 Å². The summed E-state index contributed by atoms with van der Waals surface area (Å²) in [4.78, 5) is 11.2. The minimum Gasteiger partial charge on any atom is -0.480 e. The van der Waals surface area contributed by atoms with Gasteiger partial charge in [0.25, 0.3) is 0 Å². The van der Waals surface area contributed by atoms with Crippen LogP contribution in [0.3, 0.4) is 0 Å². The molecule has 2 N–H and O–H groups in total. The van der Waals surface area contributed by atoms with Crippen LogP contribution in [-0.4, -0.2) is 47.4 Å². The van der Waals surface area contributed by atoms with Gasteiger partial charge in [0, 0.05) is 17.9 Å². The van der Waals surface area contributed by atoms with E-state index in [2.05, 4.69) is 18.5 Å². The van der Waals surface area contributed by atoms with E-state index in [-0.39, 0.29) is 12.1 Å². The second-order valence-electron chi connectivity index (χ2n) is 4.74. The van der Waals surface area contributed by atoms with E-state index >= 15 is 0 Å². The van der Waals surface area contributed by atoms with Crippen LogP contribution in [-0.2, 0) is 9.53 Å². The van der Waals surface area contributed by atoms with Gasteiger partial charge in [-0.1, -0.05) is 19.8 Å². The van der Waals surface area contributed by atoms with E-state index in [4.69, 9.17) is 4.74 Å². The van der Waals surface area contributed by atoms with Crippen LogP contribution in [0.2, 0.25) is 0 Å². The number of rotatable bonds is 9. The van der Waals surface area contributed by atoms with E-state index in [0.717, 1.165) is 25.9 Å². The normalized spacial score (nSPS) is 28.7. The Labute approximate surface area is 114 Å². The molecule has 0 aromatic rings. The van der Waals surface area contributed by atoms with Gasteiger partial charge in [-0.3, -0.25) is 4.79 Å². The lowest BCUT2D eigenvalue weighted by molar-refractivity contribution is -0.140. The third-order valence-electron chi connectivity index (χ3n) is 3.46. The Kier molecular flexibility index (Phi) is 7.04. The van der Waals surface area contributed by atoms with E-state index in [1.165, 1.54) is 0 Å². The standard InChI is InChI=1S/C13H25NO3S/c1-4-6-7-9(13(15)16)14-10-8-11(17-5-2)12(10)18-3/h9-12,14H,4-8H2,1-3H3,(H,15,16). The first-order valence-corrected chi connectivity index (χ1v) is 8.06. The number of hydrogen-bond acceptors (Lipinski definition) is 4. The van der Waals surface area contributed by atoms with Crippen LogP contribution in [0.4, 0.5) is 0 Å². The molecule has 106 valence electrons. The first-order chi connectivity index (χ1) is 8.63. The number of aliphatic carboxylic acids is 1. The fourth-order valence-corrected chi connectivity index (χ4v) is 3.39. The maximum atomic E-state index is 11.2. The Morgan fingerprint density at radius 3 is 2.78 bits per heavy atom. The summed E-state index contributed by atoms with van der Waals surface area (Å²) in [6.45, 7) is 4.81. The molecule has 0 spiro atoms. The molecule has 4 unspecified atom stereocenters. The van der Waals surface area contributed by atoms with E-state index in [0.29, 0.717) is 11.7 Å². The summed E-state index contributed by atoms with van der Waals surface area (Å²) in [5, 5.41) is 12.9. The smallest absolute Gasteiger partial charge is 0.320 e. The quantitative estimate of drug-likeness (QED) is 0.675. The second-order valence-corrected chi connectivity index (χ2v) is 5.75. The van der Waals surface area contributed by atoms with E-state index in [9.17, 15) is 9.90 Å². The van der Waals surface area contributed by atoms with Gasteiger partial charge in [0.1, 0.15) is 6.04 Å². The van der Waals surface area contributed by atoms with E-state index in [1.807, 2.05) is 6.92 Å². The van der Waals surface area contributed by atoms with Gasteiger partial charge < -0.3 is 15.2 Å². The van der Waals surface area contributed by atoms with Gasteiger partial charge in [-0.25, -0.2) is 0 Å². The number of carboxylic acids is 1. The number of nitrogens with one attached hydrogen (secondary N) is 1. The topological polar surface area (TPSA) is 58.6 Å². The molecule has 0 aromatic heterocycles. The zero-order valence-electron chi connectivity index (χ0n) is 11.5. The highest BCUT2D eigenvalue weighted by Gasteiger charge is 2.42. The van der Waals surface area contributed by atoms with E-state index in [1.54, 1.807) is 11.8 Å². The van der Waals surface area contributed by atoms with Crippen molar-refractivity contribution in [1.82, 2.24) is 5.32 Å². The molecule has 0 heterocycles. The number of thioether (sulfide) groups is 1. The van der Waals surface area contributed by atoms with Gasteiger partial charge in [0.05, 0.1) is 6.10 Å². The van der Waals surface area contributed by atoms with Crippen LogP contribution in [0, 0.1) is 0 Å². The Balaban J connectivity index is 2.42. The Bertz CT molecular complexity index is 263. The molecule has 1 aliphatic carbocycles. The molecule has 0 saturated heterocycles. The van der Waals surface area contributed by atoms with Gasteiger partial charge in [-0.05, 0) is 26.0 Å². The van der Waals surface area contributed by atoms with Crippen molar-refractivity contribution < 1.29 is 14.6 Å². The molecule has 1 rings (SSSR count). The van der Waals surface area contributed by atoms with Crippen molar-refractivity contribution in [2.75, 3.05) is 12.9 Å². The van der Waals surface area contributed by atoms with Crippen LogP contribution < -0.4 is 5.32 Å². The van der Waals surface area contributed by atoms with Crippen LogP contribution in [0.5, 0.6) is 0 Å². The third-order valence-corrected chi connectivity index (χ3v) is 4.64. The molecule has 1 saturated carbocycles. The molecule has 4 atom stereocenters. The molecule has 0 bridgehead atoms. The van der Waals surface area contributed by atoms with Gasteiger partial charge in [0.15, 0.2) is 0 Å². The fourth-order valence-electron chi connectivity index (χ4n) is 2.38. The highest BCUT2D eigenvalue weighted by molar-refractivity contribution is 7.99. The van der Waals surface area contributed by atoms with Crippen LogP contribution in [0.1, 0.15) is 39.5 Å². The fraction of sp³-hybridized carbons (Fsp3) is 0.923. The first-order valence-electron chi connectivity index (χ1n) is 6.77. The van der Waals surface area contributed by atoms with Crippen LogP contribution in [0.15, 0.2) is 0 Å². The summed E-state index contributed by atoms with van der Waals surface area (Å²) in [6, 6.07) is -0.137. The predicted octanol–water partition coefficient (Wildman–Crippen LogP) is 2.13. The highest BCUT2D eigenvalue weighted by atomic mass is 32.2. The minimum absolute atomic E-state index is 0.273. The Morgan fingerprint density at radius 1 is 1.56 bits per heavy atom. The maximum Gasteiger partial charge on any atom is 0.320 e. The molecule has 0 amide bonds. The number of carbonyl (C=O) groups is 1.